The van der Waals surface area contributed by atoms with Crippen LogP contribution in [0.2, 0.25) is 0 Å². The summed E-state index contributed by atoms with van der Waals surface area (Å²) < 4.78 is 6.93. The van der Waals surface area contributed by atoms with Crippen molar-refractivity contribution < 1.29 is 9.53 Å². The number of fused-ring (bicyclic) bond motifs is 1. The molecule has 0 N–H and O–H groups in total. The second-order valence-electron chi connectivity index (χ2n) is 6.11. The van der Waals surface area contributed by atoms with Crippen molar-refractivity contribution in [1.29, 1.82) is 0 Å². The summed E-state index contributed by atoms with van der Waals surface area (Å²) in [4.78, 5) is 27.0. The number of aromatic nitrogens is 2. The highest BCUT2D eigenvalue weighted by Crippen LogP contribution is 2.34. The first-order valence-corrected chi connectivity index (χ1v) is 8.36. The molecule has 0 bridgehead atoms. The largest absolute Gasteiger partial charge is 0.489 e. The van der Waals surface area contributed by atoms with Crippen molar-refractivity contribution in [2.45, 2.75) is 13.0 Å². The van der Waals surface area contributed by atoms with Gasteiger partial charge in [-0.1, -0.05) is 30.3 Å². The van der Waals surface area contributed by atoms with Crippen molar-refractivity contribution in [3.63, 3.8) is 0 Å². The SMILES string of the molecule is C[C@@H]1COc2ccccc2N1C(=O)c1ccc(=O)n(-c2ccccc2)n1. The van der Waals surface area contributed by atoms with E-state index in [0.29, 0.717) is 23.7 Å². The van der Waals surface area contributed by atoms with Crippen LogP contribution < -0.4 is 15.2 Å². The normalized spacial score (nSPS) is 15.9. The summed E-state index contributed by atoms with van der Waals surface area (Å²) in [5, 5.41) is 4.30. The molecule has 1 aromatic heterocycles. The molecular formula is C20H17N3O3. The van der Waals surface area contributed by atoms with Crippen molar-refractivity contribution in [2.24, 2.45) is 0 Å². The molecule has 26 heavy (non-hydrogen) atoms. The minimum atomic E-state index is -0.289. The lowest BCUT2D eigenvalue weighted by Crippen LogP contribution is -2.45. The van der Waals surface area contributed by atoms with Gasteiger partial charge in [-0.3, -0.25) is 14.5 Å². The smallest absolute Gasteiger partial charge is 0.279 e. The summed E-state index contributed by atoms with van der Waals surface area (Å²) in [5.41, 5.74) is 1.23. The number of para-hydroxylation sites is 3. The number of carbonyl (C=O) groups excluding carboxylic acids is 1. The second-order valence-corrected chi connectivity index (χ2v) is 6.11. The van der Waals surface area contributed by atoms with Gasteiger partial charge in [0.2, 0.25) is 0 Å². The first kappa shape index (κ1) is 16.1. The molecule has 0 aliphatic carbocycles. The van der Waals surface area contributed by atoms with Crippen LogP contribution in [0.5, 0.6) is 5.75 Å². The van der Waals surface area contributed by atoms with Crippen LogP contribution in [0.3, 0.4) is 0 Å². The Morgan fingerprint density at radius 3 is 2.58 bits per heavy atom. The summed E-state index contributed by atoms with van der Waals surface area (Å²) >= 11 is 0. The lowest BCUT2D eigenvalue weighted by atomic mass is 10.1. The molecule has 2 heterocycles. The summed E-state index contributed by atoms with van der Waals surface area (Å²) in [7, 11) is 0. The predicted molar refractivity (Wildman–Crippen MR) is 98.0 cm³/mol. The number of hydrogen-bond donors (Lipinski definition) is 0. The zero-order valence-electron chi connectivity index (χ0n) is 14.2. The Bertz CT molecular complexity index is 1010. The number of ether oxygens (including phenoxy) is 1. The summed E-state index contributed by atoms with van der Waals surface area (Å²) in [6, 6.07) is 19.1. The zero-order chi connectivity index (χ0) is 18.1. The van der Waals surface area contributed by atoms with Crippen LogP contribution in [0.15, 0.2) is 71.5 Å². The molecule has 6 heteroatoms. The van der Waals surface area contributed by atoms with Gasteiger partial charge in [0.25, 0.3) is 11.5 Å². The Morgan fingerprint density at radius 1 is 1.04 bits per heavy atom. The number of benzene rings is 2. The number of carbonyl (C=O) groups is 1. The van der Waals surface area contributed by atoms with E-state index >= 15 is 0 Å². The number of anilines is 1. The molecule has 1 aliphatic rings. The van der Waals surface area contributed by atoms with E-state index in [1.807, 2.05) is 49.4 Å². The van der Waals surface area contributed by atoms with Gasteiger partial charge in [-0.05, 0) is 37.3 Å². The van der Waals surface area contributed by atoms with Gasteiger partial charge in [-0.2, -0.15) is 9.78 Å². The van der Waals surface area contributed by atoms with Gasteiger partial charge in [0, 0.05) is 6.07 Å². The molecule has 0 saturated carbocycles. The summed E-state index contributed by atoms with van der Waals surface area (Å²) in [6.07, 6.45) is 0. The highest BCUT2D eigenvalue weighted by Gasteiger charge is 2.31. The van der Waals surface area contributed by atoms with E-state index < -0.39 is 0 Å². The Kier molecular flexibility index (Phi) is 4.01. The van der Waals surface area contributed by atoms with Gasteiger partial charge < -0.3 is 4.74 Å². The van der Waals surface area contributed by atoms with Gasteiger partial charge in [0.05, 0.1) is 17.4 Å². The molecule has 1 aliphatic heterocycles. The fourth-order valence-electron chi connectivity index (χ4n) is 3.01. The highest BCUT2D eigenvalue weighted by molar-refractivity contribution is 6.06. The van der Waals surface area contributed by atoms with Crippen molar-refractivity contribution in [1.82, 2.24) is 9.78 Å². The van der Waals surface area contributed by atoms with E-state index in [1.54, 1.807) is 17.0 Å². The molecule has 130 valence electrons. The average Bonchev–Trinajstić information content (AvgIpc) is 2.68. The standard InChI is InChI=1S/C20H17N3O3/c1-14-13-26-18-10-6-5-9-17(18)22(14)20(25)16-11-12-19(24)23(21-16)15-7-3-2-4-8-15/h2-12,14H,13H2,1H3/t14-/m1/s1. The monoisotopic (exact) mass is 347 g/mol. The van der Waals surface area contributed by atoms with Gasteiger partial charge >= 0.3 is 0 Å². The van der Waals surface area contributed by atoms with Crippen LogP contribution >= 0.6 is 0 Å². The predicted octanol–water partition coefficient (Wildman–Crippen LogP) is 2.66. The topological polar surface area (TPSA) is 64.4 Å². The third kappa shape index (κ3) is 2.75. The van der Waals surface area contributed by atoms with Gasteiger partial charge in [0.1, 0.15) is 18.1 Å². The lowest BCUT2D eigenvalue weighted by molar-refractivity contribution is 0.0954. The second kappa shape index (κ2) is 6.48. The van der Waals surface area contributed by atoms with Crippen LogP contribution in [0.1, 0.15) is 17.4 Å². The number of nitrogens with zero attached hydrogens (tertiary/aromatic N) is 3. The van der Waals surface area contributed by atoms with Gasteiger partial charge in [0.15, 0.2) is 0 Å². The molecular weight excluding hydrogens is 330 g/mol. The molecule has 6 nitrogen and oxygen atoms in total. The zero-order valence-corrected chi connectivity index (χ0v) is 14.2. The first-order valence-electron chi connectivity index (χ1n) is 8.36. The first-order chi connectivity index (χ1) is 12.6. The van der Waals surface area contributed by atoms with Crippen LogP contribution in [0.25, 0.3) is 5.69 Å². The fourth-order valence-corrected chi connectivity index (χ4v) is 3.01. The van der Waals surface area contributed by atoms with Crippen molar-refractivity contribution in [3.05, 3.63) is 82.8 Å². The minimum Gasteiger partial charge on any atom is -0.489 e. The molecule has 1 atom stereocenters. The van der Waals surface area contributed by atoms with Crippen molar-refractivity contribution >= 4 is 11.6 Å². The Morgan fingerprint density at radius 2 is 1.77 bits per heavy atom. The maximum absolute atomic E-state index is 13.2. The van der Waals surface area contributed by atoms with Crippen molar-refractivity contribution in [2.75, 3.05) is 11.5 Å². The van der Waals surface area contributed by atoms with Crippen LogP contribution in [0.4, 0.5) is 5.69 Å². The molecule has 0 unspecified atom stereocenters. The quantitative estimate of drug-likeness (QED) is 0.715. The van der Waals surface area contributed by atoms with E-state index in [9.17, 15) is 9.59 Å². The molecule has 0 radical (unpaired) electrons. The van der Waals surface area contributed by atoms with E-state index in [2.05, 4.69) is 5.10 Å². The molecule has 3 aromatic rings. The third-order valence-electron chi connectivity index (χ3n) is 4.28. The fraction of sp³-hybridized carbons (Fsp3) is 0.150. The molecule has 4 rings (SSSR count). The average molecular weight is 347 g/mol. The molecule has 2 aromatic carbocycles. The number of rotatable bonds is 2. The molecule has 0 saturated heterocycles. The number of hydrogen-bond acceptors (Lipinski definition) is 4. The Labute approximate surface area is 150 Å². The van der Waals surface area contributed by atoms with Crippen LogP contribution in [0, 0.1) is 0 Å². The Hall–Kier alpha value is -3.41. The van der Waals surface area contributed by atoms with Gasteiger partial charge in [-0.25, -0.2) is 0 Å². The van der Waals surface area contributed by atoms with Crippen molar-refractivity contribution in [3.8, 4) is 11.4 Å². The van der Waals surface area contributed by atoms with E-state index in [-0.39, 0.29) is 23.2 Å². The van der Waals surface area contributed by atoms with E-state index in [4.69, 9.17) is 4.74 Å². The summed E-state index contributed by atoms with van der Waals surface area (Å²) in [5.74, 6) is 0.397. The third-order valence-corrected chi connectivity index (χ3v) is 4.28. The van der Waals surface area contributed by atoms with Crippen LogP contribution in [-0.4, -0.2) is 28.3 Å². The number of amides is 1. The maximum Gasteiger partial charge on any atom is 0.279 e. The highest BCUT2D eigenvalue weighted by atomic mass is 16.5. The van der Waals surface area contributed by atoms with Crippen LogP contribution in [-0.2, 0) is 0 Å². The molecule has 0 spiro atoms. The van der Waals surface area contributed by atoms with E-state index in [1.165, 1.54) is 16.8 Å². The molecule has 1 amide bonds. The van der Waals surface area contributed by atoms with Gasteiger partial charge in [-0.15, -0.1) is 0 Å². The molecule has 0 fully saturated rings. The minimum absolute atomic E-state index is 0.142. The maximum atomic E-state index is 13.2. The lowest BCUT2D eigenvalue weighted by Gasteiger charge is -2.34. The summed E-state index contributed by atoms with van der Waals surface area (Å²) in [6.45, 7) is 2.32. The Balaban J connectivity index is 1.77. The van der Waals surface area contributed by atoms with E-state index in [0.717, 1.165) is 0 Å².